The highest BCUT2D eigenvalue weighted by molar-refractivity contribution is 6.00. The molecule has 184 valence electrons. The summed E-state index contributed by atoms with van der Waals surface area (Å²) in [5.41, 5.74) is 1.47. The Morgan fingerprint density at radius 2 is 1.57 bits per heavy atom. The van der Waals surface area contributed by atoms with Crippen molar-refractivity contribution in [1.82, 2.24) is 4.90 Å². The monoisotopic (exact) mass is 481 g/mol. The number of rotatable bonds is 11. The molecule has 0 saturated carbocycles. The van der Waals surface area contributed by atoms with Crippen molar-refractivity contribution in [2.45, 2.75) is 25.8 Å². The van der Waals surface area contributed by atoms with Gasteiger partial charge in [0.05, 0.1) is 38.3 Å². The Hall–Kier alpha value is -4.27. The van der Waals surface area contributed by atoms with Crippen LogP contribution in [-0.2, 0) is 35.1 Å². The number of carboxylic acids is 1. The Bertz CT molecular complexity index is 1110. The largest absolute Gasteiger partial charge is 0.480 e. The van der Waals surface area contributed by atoms with E-state index in [0.29, 0.717) is 16.7 Å². The molecule has 0 fully saturated rings. The Labute approximate surface area is 202 Å². The van der Waals surface area contributed by atoms with Gasteiger partial charge in [0.1, 0.15) is 11.8 Å². The third-order valence-electron chi connectivity index (χ3n) is 5.11. The van der Waals surface area contributed by atoms with Crippen LogP contribution in [0, 0.1) is 0 Å². The summed E-state index contributed by atoms with van der Waals surface area (Å²) in [4.78, 5) is 62.0. The van der Waals surface area contributed by atoms with Crippen molar-refractivity contribution >= 4 is 35.7 Å². The van der Waals surface area contributed by atoms with E-state index in [0.717, 1.165) is 12.0 Å². The summed E-state index contributed by atoms with van der Waals surface area (Å²) < 4.78 is 9.52. The van der Waals surface area contributed by atoms with E-state index in [4.69, 9.17) is 4.74 Å². The van der Waals surface area contributed by atoms with Gasteiger partial charge in [-0.05, 0) is 36.3 Å². The Balaban J connectivity index is 2.47. The first-order valence-corrected chi connectivity index (χ1v) is 10.7. The molecule has 2 aromatic rings. The number of carboxylic acid groups (broad SMARTS) is 1. The third kappa shape index (κ3) is 7.92. The lowest BCUT2D eigenvalue weighted by Gasteiger charge is -2.29. The molecular weight excluding hydrogens is 454 g/mol. The number of ketones is 1. The first-order valence-electron chi connectivity index (χ1n) is 10.7. The van der Waals surface area contributed by atoms with Gasteiger partial charge in [0, 0.05) is 6.42 Å². The molecule has 2 aromatic carbocycles. The molecule has 9 nitrogen and oxygen atoms in total. The zero-order chi connectivity index (χ0) is 26.0. The van der Waals surface area contributed by atoms with Crippen molar-refractivity contribution in [3.63, 3.8) is 0 Å². The van der Waals surface area contributed by atoms with Crippen molar-refractivity contribution < 1.29 is 38.6 Å². The summed E-state index contributed by atoms with van der Waals surface area (Å²) >= 11 is 0. The van der Waals surface area contributed by atoms with E-state index < -0.39 is 48.6 Å². The second-order valence-electron chi connectivity index (χ2n) is 7.72. The van der Waals surface area contributed by atoms with Gasteiger partial charge in [0.2, 0.25) is 5.91 Å². The van der Waals surface area contributed by atoms with E-state index >= 15 is 0 Å². The Kier molecular flexibility index (Phi) is 9.89. The van der Waals surface area contributed by atoms with Crippen LogP contribution >= 0.6 is 0 Å². The maximum Gasteiger partial charge on any atom is 0.337 e. The average molecular weight is 482 g/mol. The molecular formula is C26H27NO8. The van der Waals surface area contributed by atoms with Crippen molar-refractivity contribution in [2.24, 2.45) is 0 Å². The van der Waals surface area contributed by atoms with Crippen molar-refractivity contribution in [2.75, 3.05) is 20.8 Å². The summed E-state index contributed by atoms with van der Waals surface area (Å²) in [7, 11) is 2.42. The number of carbonyl (C=O) groups is 5. The second-order valence-corrected chi connectivity index (χ2v) is 7.72. The highest BCUT2D eigenvalue weighted by Crippen LogP contribution is 2.17. The minimum Gasteiger partial charge on any atom is -0.480 e. The molecule has 1 N–H and O–H groups in total. The van der Waals surface area contributed by atoms with Gasteiger partial charge in [0.15, 0.2) is 0 Å². The third-order valence-corrected chi connectivity index (χ3v) is 5.11. The van der Waals surface area contributed by atoms with Gasteiger partial charge in [-0.3, -0.25) is 9.59 Å². The molecule has 1 amide bonds. The van der Waals surface area contributed by atoms with Gasteiger partial charge < -0.3 is 19.5 Å². The summed E-state index contributed by atoms with van der Waals surface area (Å²) in [6.07, 6.45) is 0.894. The molecule has 9 heteroatoms. The number of amides is 1. The fourth-order valence-electron chi connectivity index (χ4n) is 3.37. The molecule has 0 spiro atoms. The van der Waals surface area contributed by atoms with Crippen LogP contribution < -0.4 is 0 Å². The molecule has 0 saturated heterocycles. The molecule has 0 aliphatic carbocycles. The van der Waals surface area contributed by atoms with Crippen LogP contribution in [0.15, 0.2) is 60.2 Å². The quantitative estimate of drug-likeness (QED) is 0.295. The molecule has 0 aromatic heterocycles. The van der Waals surface area contributed by atoms with E-state index in [1.165, 1.54) is 32.2 Å². The topological polar surface area (TPSA) is 127 Å². The lowest BCUT2D eigenvalue weighted by molar-refractivity contribution is -0.151. The summed E-state index contributed by atoms with van der Waals surface area (Å²) in [5.74, 6) is -3.74. The van der Waals surface area contributed by atoms with Crippen molar-refractivity contribution in [3.8, 4) is 0 Å². The van der Waals surface area contributed by atoms with Gasteiger partial charge >= 0.3 is 17.9 Å². The Morgan fingerprint density at radius 1 is 0.943 bits per heavy atom. The van der Waals surface area contributed by atoms with Crippen LogP contribution in [0.25, 0.3) is 6.08 Å². The van der Waals surface area contributed by atoms with E-state index in [1.807, 2.05) is 0 Å². The lowest BCUT2D eigenvalue weighted by Crippen LogP contribution is -2.48. The lowest BCUT2D eigenvalue weighted by atomic mass is 10.0. The molecule has 35 heavy (non-hydrogen) atoms. The first-order chi connectivity index (χ1) is 16.7. The molecule has 0 aliphatic heterocycles. The maximum absolute atomic E-state index is 13.0. The number of hydrogen-bond donors (Lipinski definition) is 1. The number of aliphatic carboxylic acids is 1. The normalized spacial score (nSPS) is 11.8. The SMILES string of the molecule is COC(=O)/C(=C/c1ccc(C(=O)OC)cc1)CN(C(=O)CC(C)=O)[C@@H](Cc1ccccc1)C(=O)O. The molecule has 2 rings (SSSR count). The number of carbonyl (C=O) groups excluding carboxylic acids is 4. The van der Waals surface area contributed by atoms with Gasteiger partial charge in [0.25, 0.3) is 0 Å². The molecule has 0 bridgehead atoms. The maximum atomic E-state index is 13.0. The summed E-state index contributed by atoms with van der Waals surface area (Å²) in [6, 6.07) is 13.5. The van der Waals surface area contributed by atoms with Gasteiger partial charge in [-0.2, -0.15) is 0 Å². The van der Waals surface area contributed by atoms with E-state index in [-0.39, 0.29) is 12.0 Å². The van der Waals surface area contributed by atoms with Crippen molar-refractivity contribution in [3.05, 3.63) is 76.9 Å². The molecule has 0 heterocycles. The van der Waals surface area contributed by atoms with Crippen LogP contribution in [0.3, 0.4) is 0 Å². The molecule has 0 radical (unpaired) electrons. The molecule has 0 aliphatic rings. The number of ether oxygens (including phenoxy) is 2. The number of benzene rings is 2. The van der Waals surface area contributed by atoms with E-state index in [9.17, 15) is 29.1 Å². The van der Waals surface area contributed by atoms with Crippen LogP contribution in [-0.4, -0.2) is 66.4 Å². The predicted octanol–water partition coefficient (Wildman–Crippen LogP) is 2.53. The van der Waals surface area contributed by atoms with Crippen LogP contribution in [0.1, 0.15) is 34.8 Å². The Morgan fingerprint density at radius 3 is 2.09 bits per heavy atom. The zero-order valence-corrected chi connectivity index (χ0v) is 19.7. The number of esters is 2. The number of nitrogens with zero attached hydrogens (tertiary/aromatic N) is 1. The minimum atomic E-state index is -1.33. The molecule has 0 unspecified atom stereocenters. The average Bonchev–Trinajstić information content (AvgIpc) is 2.84. The summed E-state index contributed by atoms with van der Waals surface area (Å²) in [5, 5.41) is 9.93. The van der Waals surface area contributed by atoms with E-state index in [2.05, 4.69) is 4.74 Å². The molecule has 1 atom stereocenters. The highest BCUT2D eigenvalue weighted by atomic mass is 16.5. The van der Waals surface area contributed by atoms with Gasteiger partial charge in [-0.15, -0.1) is 0 Å². The first kappa shape index (κ1) is 27.0. The second kappa shape index (κ2) is 12.8. The van der Waals surface area contributed by atoms with Crippen molar-refractivity contribution in [1.29, 1.82) is 0 Å². The fraction of sp³-hybridized carbons (Fsp3) is 0.269. The number of methoxy groups -OCH3 is 2. The zero-order valence-electron chi connectivity index (χ0n) is 19.7. The minimum absolute atomic E-state index is 0.00506. The smallest absolute Gasteiger partial charge is 0.337 e. The van der Waals surface area contributed by atoms with Gasteiger partial charge in [-0.1, -0.05) is 42.5 Å². The fourth-order valence-corrected chi connectivity index (χ4v) is 3.37. The predicted molar refractivity (Wildman–Crippen MR) is 126 cm³/mol. The standard InChI is InChI=1S/C26H27NO8/c1-17(28)13-23(29)27(22(24(30)31)15-18-7-5-4-6-8-18)16-21(26(33)35-3)14-19-9-11-20(12-10-19)25(32)34-2/h4-12,14,22H,13,15-16H2,1-3H3,(H,30,31)/b21-14+/t22-/m0/s1. The number of Topliss-reactive ketones (excluding diaryl/α,β-unsaturated/α-hetero) is 1. The van der Waals surface area contributed by atoms with E-state index in [1.54, 1.807) is 42.5 Å². The van der Waals surface area contributed by atoms with Crippen LogP contribution in [0.2, 0.25) is 0 Å². The van der Waals surface area contributed by atoms with Crippen LogP contribution in [0.5, 0.6) is 0 Å². The highest BCUT2D eigenvalue weighted by Gasteiger charge is 2.32. The van der Waals surface area contributed by atoms with Crippen LogP contribution in [0.4, 0.5) is 0 Å². The van der Waals surface area contributed by atoms with Gasteiger partial charge in [-0.25, -0.2) is 14.4 Å². The summed E-state index contributed by atoms with van der Waals surface area (Å²) in [6.45, 7) is 0.824. The number of hydrogen-bond acceptors (Lipinski definition) is 7.